The van der Waals surface area contributed by atoms with E-state index in [9.17, 15) is 38.9 Å². The Hall–Kier alpha value is -12.2. The molecule has 27 nitrogen and oxygen atoms in total. The second-order valence-corrected chi connectivity index (χ2v) is 49.3. The maximum absolute atomic E-state index is 12.5. The fraction of sp³-hybridized carbons (Fsp3) is 0.409. The van der Waals surface area contributed by atoms with Crippen LogP contribution in [0.2, 0.25) is 0 Å². The van der Waals surface area contributed by atoms with Crippen LogP contribution in [0.25, 0.3) is 0 Å². The van der Waals surface area contributed by atoms with E-state index in [-0.39, 0.29) is 79.0 Å². The minimum absolute atomic E-state index is 0.0424. The summed E-state index contributed by atoms with van der Waals surface area (Å²) >= 11 is 8.82. The quantitative estimate of drug-likeness (QED) is 0.00896. The number of amides is 2. The van der Waals surface area contributed by atoms with Crippen LogP contribution >= 0.6 is 58.8 Å². The van der Waals surface area contributed by atoms with E-state index in [1.165, 1.54) is 14.2 Å². The number of carbonyl (C=O) groups is 6. The van der Waals surface area contributed by atoms with Gasteiger partial charge in [-0.2, -0.15) is 47.0 Å². The van der Waals surface area contributed by atoms with Crippen LogP contribution in [-0.4, -0.2) is 135 Å². The Balaban J connectivity index is 0.000000281. The largest absolute Gasteiger partial charge is 0.493 e. The number of nitrogens with one attached hydrogen (secondary N) is 4. The number of anilines is 4. The summed E-state index contributed by atoms with van der Waals surface area (Å²) in [6.07, 6.45) is 1.24. The van der Waals surface area contributed by atoms with Crippen molar-refractivity contribution < 1.29 is 90.8 Å². The van der Waals surface area contributed by atoms with Crippen LogP contribution < -0.4 is 74.6 Å². The van der Waals surface area contributed by atoms with Gasteiger partial charge in [-0.25, -0.2) is 5.01 Å². The van der Waals surface area contributed by atoms with E-state index in [4.69, 9.17) is 62.6 Å². The lowest BCUT2D eigenvalue weighted by atomic mass is 9.95. The van der Waals surface area contributed by atoms with Crippen LogP contribution in [0.4, 0.5) is 28.4 Å². The molecule has 796 valence electrons. The van der Waals surface area contributed by atoms with Gasteiger partial charge in [-0.3, -0.25) is 44.9 Å². The maximum Gasteiger partial charge on any atom is 0.309 e. The Labute approximate surface area is 891 Å². The smallest absolute Gasteiger partial charge is 0.309 e. The van der Waals surface area contributed by atoms with Crippen molar-refractivity contribution in [2.24, 2.45) is 16.0 Å². The highest BCUT2D eigenvalue weighted by molar-refractivity contribution is 8.02. The normalized spacial score (nSPS) is 11.3. The molecular formula is C115H151N7O20S5. The van der Waals surface area contributed by atoms with Crippen molar-refractivity contribution in [2.45, 2.75) is 225 Å². The number of nitrogens with two attached hydrogens (primary N) is 1. The summed E-state index contributed by atoms with van der Waals surface area (Å²) in [4.78, 5) is 82.6. The van der Waals surface area contributed by atoms with Gasteiger partial charge in [-0.15, -0.1) is 16.7 Å². The Morgan fingerprint density at radius 3 is 0.973 bits per heavy atom. The van der Waals surface area contributed by atoms with Crippen LogP contribution in [0.1, 0.15) is 201 Å². The van der Waals surface area contributed by atoms with Gasteiger partial charge in [0.05, 0.1) is 74.7 Å². The van der Waals surface area contributed by atoms with Gasteiger partial charge in [-0.1, -0.05) is 162 Å². The first-order chi connectivity index (χ1) is 68.9. The van der Waals surface area contributed by atoms with E-state index in [0.29, 0.717) is 122 Å². The molecule has 0 aliphatic heterocycles. The number of esters is 2. The van der Waals surface area contributed by atoms with Crippen molar-refractivity contribution in [3.8, 4) is 86.2 Å². The summed E-state index contributed by atoms with van der Waals surface area (Å²) in [7, 11) is 14.2. The van der Waals surface area contributed by atoms with Gasteiger partial charge >= 0.3 is 11.9 Å². The summed E-state index contributed by atoms with van der Waals surface area (Å²) in [5.41, 5.74) is 23.0. The SMILES string of the molecule is C=C(C)SCc1cc(N=O)ccc1Oc1cc(CC(=O)OC)ccc1OC.COC(=O)Cc1ccc(OC)c(Oc2ccc(NO)cc2CSC(C)(C)C)c1.COc1ccc(CC(=O)NN(C)C)cc1Oc1ccc(N)cc1CSC(C)(C)C.COc1ccc(CC(C)=O)cc1Oc1ccc(NC(=O)C(C)(C)C)cc1CSC(C)(C)C.COc1ccc(CC(C)=O)cc1Oc1ccc(NCC(C)(C)C)cc1CSC(C)(C)C. The van der Waals surface area contributed by atoms with Gasteiger partial charge in [0.2, 0.25) is 11.8 Å². The molecule has 147 heavy (non-hydrogen) atoms. The highest BCUT2D eigenvalue weighted by atomic mass is 32.2. The summed E-state index contributed by atoms with van der Waals surface area (Å²) in [5.74, 6) is 12.1. The molecule has 7 N–H and O–H groups in total. The number of hydrogen-bond donors (Lipinski definition) is 6. The number of hydrazine groups is 1. The van der Waals surface area contributed by atoms with Crippen molar-refractivity contribution in [2.75, 3.05) is 92.3 Å². The van der Waals surface area contributed by atoms with Gasteiger partial charge < -0.3 is 73.2 Å². The van der Waals surface area contributed by atoms with E-state index in [0.717, 1.165) is 101 Å². The number of allylic oxidation sites excluding steroid dienone is 1. The second kappa shape index (κ2) is 58.5. The number of hydrogen-bond acceptors (Lipinski definition) is 30. The van der Waals surface area contributed by atoms with E-state index in [2.05, 4.69) is 149 Å². The number of ketones is 2. The van der Waals surface area contributed by atoms with Crippen molar-refractivity contribution in [1.82, 2.24) is 10.4 Å². The lowest BCUT2D eigenvalue weighted by Crippen LogP contribution is -2.37. The number of Topliss-reactive ketones (excluding diaryl/α,β-unsaturated/α-hetero) is 2. The zero-order valence-corrected chi connectivity index (χ0v) is 95.1. The molecule has 0 fully saturated rings. The average Bonchev–Trinajstić information content (AvgIpc) is 0.826. The number of ether oxygens (including phenoxy) is 12. The predicted octanol–water partition coefficient (Wildman–Crippen LogP) is 28.4. The van der Waals surface area contributed by atoms with E-state index >= 15 is 0 Å². The highest BCUT2D eigenvalue weighted by Gasteiger charge is 2.27. The van der Waals surface area contributed by atoms with E-state index in [1.54, 1.807) is 171 Å². The number of carbonyl (C=O) groups excluding carboxylic acids is 6. The van der Waals surface area contributed by atoms with Crippen LogP contribution in [0.5, 0.6) is 86.2 Å². The average molecular weight is 2110 g/mol. The Kier molecular flexibility index (Phi) is 49.2. The third kappa shape index (κ3) is 46.0. The third-order valence-corrected chi connectivity index (χ3v) is 26.7. The van der Waals surface area contributed by atoms with Crippen LogP contribution in [-0.2, 0) is 99.1 Å². The number of benzene rings is 10. The minimum Gasteiger partial charge on any atom is -0.493 e. The molecule has 0 aliphatic carbocycles. The Morgan fingerprint density at radius 1 is 0.367 bits per heavy atom. The zero-order valence-electron chi connectivity index (χ0n) is 91.0. The molecule has 0 bridgehead atoms. The molecule has 0 saturated carbocycles. The molecule has 10 aromatic rings. The number of thioether (sulfide) groups is 5. The molecule has 0 heterocycles. The van der Waals surface area contributed by atoms with E-state index in [1.807, 2.05) is 154 Å². The molecular weight excluding hydrogens is 1960 g/mol. The molecule has 0 aliphatic rings. The third-order valence-electron chi connectivity index (χ3n) is 20.4. The molecule has 2 amide bonds. The predicted molar refractivity (Wildman–Crippen MR) is 605 cm³/mol. The van der Waals surface area contributed by atoms with Crippen LogP contribution in [0.3, 0.4) is 0 Å². The van der Waals surface area contributed by atoms with Crippen molar-refractivity contribution in [3.63, 3.8) is 0 Å². The van der Waals surface area contributed by atoms with Gasteiger partial charge in [0.15, 0.2) is 57.5 Å². The first kappa shape index (κ1) is 124. The van der Waals surface area contributed by atoms with Crippen molar-refractivity contribution in [3.05, 3.63) is 254 Å². The molecule has 32 heteroatoms. The number of nitroso groups, excluding NO2 is 1. The van der Waals surface area contributed by atoms with E-state index < -0.39 is 5.41 Å². The lowest BCUT2D eigenvalue weighted by Gasteiger charge is -2.22. The zero-order chi connectivity index (χ0) is 109. The van der Waals surface area contributed by atoms with Crippen molar-refractivity contribution in [1.29, 1.82) is 0 Å². The maximum atomic E-state index is 12.5. The Morgan fingerprint density at radius 2 is 0.667 bits per heavy atom. The van der Waals surface area contributed by atoms with Crippen LogP contribution in [0.15, 0.2) is 199 Å². The Bertz CT molecular complexity index is 6070. The van der Waals surface area contributed by atoms with Crippen LogP contribution in [0, 0.1) is 15.7 Å². The monoisotopic (exact) mass is 2110 g/mol. The number of rotatable bonds is 42. The first-order valence-corrected chi connectivity index (χ1v) is 52.7. The molecule has 0 aromatic heterocycles. The fourth-order valence-corrected chi connectivity index (χ4v) is 16.9. The standard InChI is InChI=1S/C26H35NO4S.C26H37NO3S.C22H31N3O3S.C21H27NO5S.C20H21NO5S/c1-17(28)13-18-9-11-22(30-8)23(14-18)31-21-12-10-20(27-24(29)25(2,3)4)15-19(21)16-32-26(5,6)7;1-18(28)13-19-9-11-23(29-8)24(14-19)30-22-12-10-21(27-17-25(2,3)4)15-20(22)16-31-26(5,6)7;1-22(2,3)29-14-16-13-17(23)8-10-18(16)28-20-11-15(7-9-19(20)27-6)12-21(26)24-25(4)5;1-21(2,3)28-13-15-12-16(22-24)7-9-17(15)27-19-10-14(11-20(23)26-5)6-8-18(19)25-4;1-13(2)27-12-15-11-16(21-23)6-8-17(15)26-19-9-14(10-20(22)25-4)5-7-18(19)24-3/h9-12,14-15H,13,16H2,1-8H3,(H,27,29);9-12,14-15,27H,13,16-17H2,1-8H3;7-11,13H,12,14,23H2,1-6H3,(H,24,26);6-10,12,22,24H,11,13H2,1-5H3;5-9,11H,1,10,12H2,2-4H3. The van der Waals surface area contributed by atoms with Gasteiger partial charge in [0, 0.05) is 132 Å². The molecule has 10 rings (SSSR count). The molecule has 0 spiro atoms. The molecule has 0 saturated heterocycles. The molecule has 10 aromatic carbocycles. The van der Waals surface area contributed by atoms with Gasteiger partial charge in [-0.05, 0) is 216 Å². The minimum atomic E-state index is -0.486. The molecule has 0 unspecified atom stereocenters. The topological polar surface area (TPSA) is 340 Å². The fourth-order valence-electron chi connectivity index (χ4n) is 13.0. The highest BCUT2D eigenvalue weighted by Crippen LogP contribution is 2.46. The van der Waals surface area contributed by atoms with Crippen molar-refractivity contribution >= 4 is 123 Å². The van der Waals surface area contributed by atoms with Gasteiger partial charge in [0.1, 0.15) is 46.0 Å². The number of methoxy groups -OCH3 is 7. The summed E-state index contributed by atoms with van der Waals surface area (Å²) in [6.45, 7) is 48.2. The number of nitrogens with zero attached hydrogens (tertiary/aromatic N) is 2. The second-order valence-electron chi connectivity index (χ2n) is 40.8. The number of nitrogen functional groups attached to an aromatic ring is 1. The summed E-state index contributed by atoms with van der Waals surface area (Å²) < 4.78 is 68.1. The lowest BCUT2D eigenvalue weighted by molar-refractivity contribution is -0.140. The van der Waals surface area contributed by atoms with Gasteiger partial charge in [0.25, 0.3) is 0 Å². The summed E-state index contributed by atoms with van der Waals surface area (Å²) in [6, 6.07) is 55.2. The molecule has 0 atom stereocenters. The molecule has 0 radical (unpaired) electrons. The summed E-state index contributed by atoms with van der Waals surface area (Å²) in [5, 5.41) is 20.4. The first-order valence-electron chi connectivity index (χ1n) is 47.8.